The molecule has 0 spiro atoms. The van der Waals surface area contributed by atoms with Gasteiger partial charge in [-0.15, -0.1) is 0 Å². The van der Waals surface area contributed by atoms with Crippen molar-refractivity contribution in [1.82, 2.24) is 4.90 Å². The molecule has 0 unspecified atom stereocenters. The van der Waals surface area contributed by atoms with Gasteiger partial charge in [-0.1, -0.05) is 48.2 Å². The Kier molecular flexibility index (Phi) is 5.70. The van der Waals surface area contributed by atoms with E-state index >= 15 is 0 Å². The van der Waals surface area contributed by atoms with Crippen molar-refractivity contribution in [3.05, 3.63) is 33.8 Å². The Hall–Kier alpha value is -0.570. The Morgan fingerprint density at radius 1 is 1.14 bits per heavy atom. The van der Waals surface area contributed by atoms with Crippen LogP contribution in [0.4, 0.5) is 0 Å². The first-order valence-electron chi connectivity index (χ1n) is 7.64. The van der Waals surface area contributed by atoms with Crippen molar-refractivity contribution in [3.8, 4) is 0 Å². The van der Waals surface area contributed by atoms with Gasteiger partial charge in [-0.3, -0.25) is 9.69 Å². The van der Waals surface area contributed by atoms with E-state index in [0.717, 1.165) is 18.7 Å². The van der Waals surface area contributed by atoms with E-state index in [1.807, 2.05) is 26.0 Å². The number of carbonyl (C=O) groups is 1. The molecule has 0 aromatic heterocycles. The summed E-state index contributed by atoms with van der Waals surface area (Å²) < 4.78 is 0. The van der Waals surface area contributed by atoms with Crippen LogP contribution in [0, 0.1) is 0 Å². The molecule has 1 fully saturated rings. The number of carbonyl (C=O) groups excluding carboxylic acids is 1. The van der Waals surface area contributed by atoms with Crippen molar-refractivity contribution in [2.45, 2.75) is 51.5 Å². The fourth-order valence-electron chi connectivity index (χ4n) is 2.88. The molecule has 2 nitrogen and oxygen atoms in total. The topological polar surface area (TPSA) is 20.3 Å². The van der Waals surface area contributed by atoms with Crippen LogP contribution in [0.15, 0.2) is 18.2 Å². The molecule has 116 valence electrons. The molecule has 4 heteroatoms. The minimum Gasteiger partial charge on any atom is -0.297 e. The quantitative estimate of drug-likeness (QED) is 0.794. The first-order valence-corrected chi connectivity index (χ1v) is 8.40. The second-order valence-electron chi connectivity index (χ2n) is 6.27. The summed E-state index contributed by atoms with van der Waals surface area (Å²) in [5.41, 5.74) is 0.368. The van der Waals surface area contributed by atoms with Crippen LogP contribution in [0.25, 0.3) is 0 Å². The minimum atomic E-state index is -0.448. The van der Waals surface area contributed by atoms with Crippen LogP contribution in [0.3, 0.4) is 0 Å². The Bertz CT molecular complexity index is 506. The van der Waals surface area contributed by atoms with Gasteiger partial charge in [0.05, 0.1) is 15.6 Å². The fraction of sp³-hybridized carbons (Fsp3) is 0.588. The normalized spacial score (nSPS) is 17.5. The van der Waals surface area contributed by atoms with Crippen LogP contribution < -0.4 is 0 Å². The van der Waals surface area contributed by atoms with Crippen LogP contribution in [-0.2, 0) is 11.2 Å². The number of hydrogen-bond donors (Lipinski definition) is 0. The van der Waals surface area contributed by atoms with E-state index in [1.54, 1.807) is 6.07 Å². The molecule has 0 amide bonds. The zero-order chi connectivity index (χ0) is 15.5. The first-order chi connectivity index (χ1) is 9.93. The lowest BCUT2D eigenvalue weighted by atomic mass is 9.91. The third-order valence-electron chi connectivity index (χ3n) is 4.46. The molecule has 1 aromatic carbocycles. The highest BCUT2D eigenvalue weighted by molar-refractivity contribution is 6.42. The molecular weight excluding hydrogens is 305 g/mol. The van der Waals surface area contributed by atoms with Gasteiger partial charge in [0.1, 0.15) is 0 Å². The maximum absolute atomic E-state index is 12.8. The maximum Gasteiger partial charge on any atom is 0.156 e. The highest BCUT2D eigenvalue weighted by Gasteiger charge is 2.34. The molecule has 0 saturated carbocycles. The second kappa shape index (κ2) is 7.13. The molecule has 1 heterocycles. The number of Topliss-reactive ketones (excluding diaryl/α,β-unsaturated/α-hetero) is 1. The van der Waals surface area contributed by atoms with Gasteiger partial charge in [-0.25, -0.2) is 0 Å². The van der Waals surface area contributed by atoms with E-state index in [1.165, 1.54) is 25.7 Å². The summed E-state index contributed by atoms with van der Waals surface area (Å²) >= 11 is 12.2. The molecule has 21 heavy (non-hydrogen) atoms. The standard InChI is InChI=1S/C17H23Cl2NO/c1-17(2,20-10-5-3-4-6-11-20)15(21)12-13-8-7-9-14(18)16(13)19/h7-9H,3-6,10-12H2,1-2H3. The molecule has 0 radical (unpaired) electrons. The van der Waals surface area contributed by atoms with E-state index in [0.29, 0.717) is 16.5 Å². The third-order valence-corrected chi connectivity index (χ3v) is 5.32. The molecule has 0 atom stereocenters. The van der Waals surface area contributed by atoms with Crippen LogP contribution in [0.2, 0.25) is 10.0 Å². The number of benzene rings is 1. The highest BCUT2D eigenvalue weighted by Crippen LogP contribution is 2.28. The Labute approximate surface area is 137 Å². The van der Waals surface area contributed by atoms with E-state index in [9.17, 15) is 4.79 Å². The van der Waals surface area contributed by atoms with Gasteiger partial charge in [0.25, 0.3) is 0 Å². The van der Waals surface area contributed by atoms with E-state index in [4.69, 9.17) is 23.2 Å². The van der Waals surface area contributed by atoms with Crippen molar-refractivity contribution < 1.29 is 4.79 Å². The average molecular weight is 328 g/mol. The summed E-state index contributed by atoms with van der Waals surface area (Å²) in [5.74, 6) is 0.202. The lowest BCUT2D eigenvalue weighted by molar-refractivity contribution is -0.128. The Morgan fingerprint density at radius 2 is 1.76 bits per heavy atom. The Morgan fingerprint density at radius 3 is 2.38 bits per heavy atom. The molecule has 1 aliphatic rings. The number of nitrogens with zero attached hydrogens (tertiary/aromatic N) is 1. The maximum atomic E-state index is 12.8. The van der Waals surface area contributed by atoms with E-state index in [-0.39, 0.29) is 5.78 Å². The summed E-state index contributed by atoms with van der Waals surface area (Å²) in [7, 11) is 0. The average Bonchev–Trinajstić information content (AvgIpc) is 2.73. The van der Waals surface area contributed by atoms with Gasteiger partial charge in [0.15, 0.2) is 5.78 Å². The van der Waals surface area contributed by atoms with Gasteiger partial charge in [-0.05, 0) is 51.4 Å². The molecular formula is C17H23Cl2NO. The van der Waals surface area contributed by atoms with Crippen molar-refractivity contribution in [1.29, 1.82) is 0 Å². The molecule has 1 aliphatic heterocycles. The molecule has 0 bridgehead atoms. The van der Waals surface area contributed by atoms with E-state index < -0.39 is 5.54 Å². The SMILES string of the molecule is CC(C)(C(=O)Cc1cccc(Cl)c1Cl)N1CCCCCC1. The number of ketones is 1. The van der Waals surface area contributed by atoms with Crippen molar-refractivity contribution in [2.24, 2.45) is 0 Å². The van der Waals surface area contributed by atoms with Crippen LogP contribution in [0.1, 0.15) is 45.1 Å². The zero-order valence-corrected chi connectivity index (χ0v) is 14.3. The predicted molar refractivity (Wildman–Crippen MR) is 89.3 cm³/mol. The molecule has 0 aliphatic carbocycles. The van der Waals surface area contributed by atoms with Gasteiger partial charge in [-0.2, -0.15) is 0 Å². The molecule has 0 N–H and O–H groups in total. The van der Waals surface area contributed by atoms with Gasteiger partial charge in [0.2, 0.25) is 0 Å². The van der Waals surface area contributed by atoms with Crippen molar-refractivity contribution in [2.75, 3.05) is 13.1 Å². The summed E-state index contributed by atoms with van der Waals surface area (Å²) in [6, 6.07) is 5.47. The number of hydrogen-bond acceptors (Lipinski definition) is 2. The second-order valence-corrected chi connectivity index (χ2v) is 7.06. The first kappa shape index (κ1) is 16.8. The smallest absolute Gasteiger partial charge is 0.156 e. The molecule has 1 aromatic rings. The summed E-state index contributed by atoms with van der Waals surface area (Å²) in [4.78, 5) is 15.1. The Balaban J connectivity index is 2.12. The van der Waals surface area contributed by atoms with Crippen LogP contribution in [0.5, 0.6) is 0 Å². The summed E-state index contributed by atoms with van der Waals surface area (Å²) in [5, 5.41) is 1.01. The number of likely N-dealkylation sites (tertiary alicyclic amines) is 1. The van der Waals surface area contributed by atoms with Crippen LogP contribution >= 0.6 is 23.2 Å². The van der Waals surface area contributed by atoms with Crippen LogP contribution in [-0.4, -0.2) is 29.3 Å². The van der Waals surface area contributed by atoms with Gasteiger partial charge >= 0.3 is 0 Å². The van der Waals surface area contributed by atoms with Crippen molar-refractivity contribution >= 4 is 29.0 Å². The summed E-state index contributed by atoms with van der Waals surface area (Å²) in [6.07, 6.45) is 5.22. The predicted octanol–water partition coefficient (Wildman–Crippen LogP) is 4.76. The largest absolute Gasteiger partial charge is 0.297 e. The number of rotatable bonds is 4. The van der Waals surface area contributed by atoms with Gasteiger partial charge < -0.3 is 0 Å². The molecule has 1 saturated heterocycles. The monoisotopic (exact) mass is 327 g/mol. The fourth-order valence-corrected chi connectivity index (χ4v) is 3.27. The molecule has 2 rings (SSSR count). The lowest BCUT2D eigenvalue weighted by Gasteiger charge is -2.36. The van der Waals surface area contributed by atoms with Gasteiger partial charge in [0, 0.05) is 6.42 Å². The third kappa shape index (κ3) is 4.00. The highest BCUT2D eigenvalue weighted by atomic mass is 35.5. The van der Waals surface area contributed by atoms with E-state index in [2.05, 4.69) is 4.90 Å². The summed E-state index contributed by atoms with van der Waals surface area (Å²) in [6.45, 7) is 6.06. The zero-order valence-electron chi connectivity index (χ0n) is 12.8. The number of halogens is 2. The minimum absolute atomic E-state index is 0.202. The van der Waals surface area contributed by atoms with Crippen molar-refractivity contribution in [3.63, 3.8) is 0 Å². The lowest BCUT2D eigenvalue weighted by Crippen LogP contribution is -2.51.